The molecule has 1 fully saturated rings. The number of H-pyrrole nitrogens is 1. The largest absolute Gasteiger partial charge is 0.360 e. The summed E-state index contributed by atoms with van der Waals surface area (Å²) in [6.07, 6.45) is 9.30. The fraction of sp³-hybridized carbons (Fsp3) is 0.438. The van der Waals surface area contributed by atoms with Crippen LogP contribution in [0.15, 0.2) is 18.5 Å². The second-order valence-corrected chi connectivity index (χ2v) is 6.03. The van der Waals surface area contributed by atoms with E-state index >= 15 is 0 Å². The van der Waals surface area contributed by atoms with E-state index in [4.69, 9.17) is 0 Å². The summed E-state index contributed by atoms with van der Waals surface area (Å²) in [6, 6.07) is 2.13. The normalized spacial score (nSPS) is 15.5. The SMILES string of the molecule is Cc1nnc(C)n1-c1cnc2c(CC3CCC3)c[nH]c2c1. The lowest BCUT2D eigenvalue weighted by Crippen LogP contribution is -2.13. The summed E-state index contributed by atoms with van der Waals surface area (Å²) in [5.41, 5.74) is 4.56. The maximum atomic E-state index is 4.68. The van der Waals surface area contributed by atoms with Crippen LogP contribution in [0.5, 0.6) is 0 Å². The third kappa shape index (κ3) is 2.04. The Labute approximate surface area is 123 Å². The summed E-state index contributed by atoms with van der Waals surface area (Å²) < 4.78 is 2.03. The van der Waals surface area contributed by atoms with E-state index in [-0.39, 0.29) is 0 Å². The first-order valence-electron chi connectivity index (χ1n) is 7.57. The molecule has 0 amide bonds. The van der Waals surface area contributed by atoms with Crippen molar-refractivity contribution in [2.45, 2.75) is 39.5 Å². The van der Waals surface area contributed by atoms with Gasteiger partial charge in [0.1, 0.15) is 11.6 Å². The first-order chi connectivity index (χ1) is 10.2. The van der Waals surface area contributed by atoms with Gasteiger partial charge in [-0.15, -0.1) is 10.2 Å². The maximum absolute atomic E-state index is 4.68. The molecule has 1 aliphatic carbocycles. The van der Waals surface area contributed by atoms with E-state index in [1.807, 2.05) is 24.6 Å². The molecule has 0 aromatic carbocycles. The molecule has 21 heavy (non-hydrogen) atoms. The van der Waals surface area contributed by atoms with Gasteiger partial charge in [-0.1, -0.05) is 19.3 Å². The van der Waals surface area contributed by atoms with Crippen molar-refractivity contribution in [3.05, 3.63) is 35.7 Å². The Morgan fingerprint density at radius 2 is 2.00 bits per heavy atom. The summed E-state index contributed by atoms with van der Waals surface area (Å²) in [5.74, 6) is 2.62. The van der Waals surface area contributed by atoms with Crippen molar-refractivity contribution in [1.29, 1.82) is 0 Å². The number of aromatic amines is 1. The van der Waals surface area contributed by atoms with E-state index in [0.717, 1.165) is 40.7 Å². The highest BCUT2D eigenvalue weighted by molar-refractivity contribution is 5.80. The molecule has 1 N–H and O–H groups in total. The number of nitrogens with zero attached hydrogens (tertiary/aromatic N) is 4. The average Bonchev–Trinajstić information content (AvgIpc) is 2.97. The van der Waals surface area contributed by atoms with Crippen LogP contribution < -0.4 is 0 Å². The van der Waals surface area contributed by atoms with Gasteiger partial charge in [-0.2, -0.15) is 0 Å². The van der Waals surface area contributed by atoms with Crippen LogP contribution in [0.1, 0.15) is 36.5 Å². The van der Waals surface area contributed by atoms with Gasteiger partial charge in [0, 0.05) is 6.20 Å². The predicted molar refractivity (Wildman–Crippen MR) is 81.5 cm³/mol. The van der Waals surface area contributed by atoms with E-state index < -0.39 is 0 Å². The van der Waals surface area contributed by atoms with Crippen LogP contribution in [-0.4, -0.2) is 24.7 Å². The summed E-state index contributed by atoms with van der Waals surface area (Å²) in [7, 11) is 0. The average molecular weight is 281 g/mol. The molecule has 1 aliphatic rings. The molecule has 3 aromatic heterocycles. The number of hydrogen-bond acceptors (Lipinski definition) is 3. The molecule has 0 spiro atoms. The molecule has 0 radical (unpaired) electrons. The minimum Gasteiger partial charge on any atom is -0.360 e. The fourth-order valence-electron chi connectivity index (χ4n) is 3.18. The zero-order valence-electron chi connectivity index (χ0n) is 12.4. The van der Waals surface area contributed by atoms with Crippen molar-refractivity contribution in [1.82, 2.24) is 24.7 Å². The van der Waals surface area contributed by atoms with Crippen LogP contribution in [0.25, 0.3) is 16.7 Å². The van der Waals surface area contributed by atoms with E-state index in [0.29, 0.717) is 0 Å². The summed E-state index contributed by atoms with van der Waals surface area (Å²) in [5, 5.41) is 8.22. The van der Waals surface area contributed by atoms with Crippen LogP contribution in [0, 0.1) is 19.8 Å². The molecule has 0 bridgehead atoms. The smallest absolute Gasteiger partial charge is 0.134 e. The van der Waals surface area contributed by atoms with Gasteiger partial charge in [0.2, 0.25) is 0 Å². The quantitative estimate of drug-likeness (QED) is 0.802. The van der Waals surface area contributed by atoms with E-state index in [2.05, 4.69) is 32.4 Å². The highest BCUT2D eigenvalue weighted by Crippen LogP contribution is 2.31. The van der Waals surface area contributed by atoms with Crippen LogP contribution in [0.2, 0.25) is 0 Å². The van der Waals surface area contributed by atoms with Gasteiger partial charge in [0.05, 0.1) is 22.9 Å². The first-order valence-corrected chi connectivity index (χ1v) is 7.57. The highest BCUT2D eigenvalue weighted by Gasteiger charge is 2.20. The molecule has 3 heterocycles. The van der Waals surface area contributed by atoms with Gasteiger partial charge in [-0.05, 0) is 37.8 Å². The third-order valence-corrected chi connectivity index (χ3v) is 4.56. The van der Waals surface area contributed by atoms with E-state index in [9.17, 15) is 0 Å². The lowest BCUT2D eigenvalue weighted by atomic mass is 9.81. The maximum Gasteiger partial charge on any atom is 0.134 e. The first kappa shape index (κ1) is 12.6. The van der Waals surface area contributed by atoms with Gasteiger partial charge in [0.25, 0.3) is 0 Å². The number of pyridine rings is 1. The number of aromatic nitrogens is 5. The number of nitrogens with one attached hydrogen (secondary N) is 1. The highest BCUT2D eigenvalue weighted by atomic mass is 15.3. The molecule has 5 nitrogen and oxygen atoms in total. The van der Waals surface area contributed by atoms with E-state index in [1.165, 1.54) is 24.8 Å². The fourth-order valence-corrected chi connectivity index (χ4v) is 3.18. The van der Waals surface area contributed by atoms with Gasteiger partial charge in [0.15, 0.2) is 0 Å². The van der Waals surface area contributed by atoms with E-state index in [1.54, 1.807) is 0 Å². The standard InChI is InChI=1S/C16H19N5/c1-10-19-20-11(2)21(10)14-7-15-16(18-9-14)13(8-17-15)6-12-4-3-5-12/h7-9,12,17H,3-6H2,1-2H3. The molecular formula is C16H19N5. The van der Waals surface area contributed by atoms with Crippen LogP contribution >= 0.6 is 0 Å². The molecular weight excluding hydrogens is 262 g/mol. The molecule has 3 aromatic rings. The molecule has 5 heteroatoms. The zero-order valence-corrected chi connectivity index (χ0v) is 12.4. The Morgan fingerprint density at radius 3 is 2.67 bits per heavy atom. The topological polar surface area (TPSA) is 59.4 Å². The number of fused-ring (bicyclic) bond motifs is 1. The molecule has 0 unspecified atom stereocenters. The van der Waals surface area contributed by atoms with Crippen LogP contribution in [0.3, 0.4) is 0 Å². The van der Waals surface area contributed by atoms with Gasteiger partial charge < -0.3 is 4.98 Å². The lowest BCUT2D eigenvalue weighted by molar-refractivity contribution is 0.315. The third-order valence-electron chi connectivity index (χ3n) is 4.56. The lowest BCUT2D eigenvalue weighted by Gasteiger charge is -2.24. The summed E-state index contributed by atoms with van der Waals surface area (Å²) >= 11 is 0. The molecule has 0 atom stereocenters. The van der Waals surface area contributed by atoms with Crippen molar-refractivity contribution in [2.24, 2.45) is 5.92 Å². The molecule has 1 saturated carbocycles. The van der Waals surface area contributed by atoms with Crippen molar-refractivity contribution in [3.63, 3.8) is 0 Å². The Morgan fingerprint density at radius 1 is 1.24 bits per heavy atom. The zero-order chi connectivity index (χ0) is 14.4. The number of hydrogen-bond donors (Lipinski definition) is 1. The molecule has 0 saturated heterocycles. The minimum absolute atomic E-state index is 0.854. The Bertz CT molecular complexity index is 775. The molecule has 108 valence electrons. The van der Waals surface area contributed by atoms with Crippen molar-refractivity contribution in [3.8, 4) is 5.69 Å². The summed E-state index contributed by atoms with van der Waals surface area (Å²) in [6.45, 7) is 3.92. The van der Waals surface area contributed by atoms with Gasteiger partial charge in [-0.25, -0.2) is 0 Å². The van der Waals surface area contributed by atoms with Gasteiger partial charge in [-0.3, -0.25) is 9.55 Å². The monoisotopic (exact) mass is 281 g/mol. The van der Waals surface area contributed by atoms with Gasteiger partial charge >= 0.3 is 0 Å². The summed E-state index contributed by atoms with van der Waals surface area (Å²) in [4.78, 5) is 8.05. The Hall–Kier alpha value is -2.17. The van der Waals surface area contributed by atoms with Crippen LogP contribution in [0.4, 0.5) is 0 Å². The van der Waals surface area contributed by atoms with Crippen LogP contribution in [-0.2, 0) is 6.42 Å². The predicted octanol–water partition coefficient (Wildman–Crippen LogP) is 3.10. The minimum atomic E-state index is 0.854. The number of aryl methyl sites for hydroxylation is 2. The molecule has 4 rings (SSSR count). The van der Waals surface area contributed by atoms with Crippen molar-refractivity contribution in [2.75, 3.05) is 0 Å². The Kier molecular flexibility index (Phi) is 2.80. The number of rotatable bonds is 3. The van der Waals surface area contributed by atoms with Crippen molar-refractivity contribution >= 4 is 11.0 Å². The Balaban J connectivity index is 1.74. The second kappa shape index (κ2) is 4.69. The van der Waals surface area contributed by atoms with Crippen molar-refractivity contribution < 1.29 is 0 Å². The molecule has 0 aliphatic heterocycles. The second-order valence-electron chi connectivity index (χ2n) is 6.03.